The fraction of sp³-hybridized carbons (Fsp3) is 0.636. The molecule has 1 fully saturated rings. The number of rotatable bonds is 1. The van der Waals surface area contributed by atoms with Crippen LogP contribution in [0.3, 0.4) is 0 Å². The Morgan fingerprint density at radius 1 is 1.60 bits per heavy atom. The van der Waals surface area contributed by atoms with Crippen LogP contribution in [-0.2, 0) is 9.53 Å². The van der Waals surface area contributed by atoms with Gasteiger partial charge in [0.15, 0.2) is 5.78 Å². The maximum atomic E-state index is 11.3. The molecule has 1 atom stereocenters. The van der Waals surface area contributed by atoms with E-state index in [0.29, 0.717) is 13.2 Å². The summed E-state index contributed by atoms with van der Waals surface area (Å²) >= 11 is 0. The lowest BCUT2D eigenvalue weighted by Gasteiger charge is -2.28. The number of piperidine rings is 1. The number of hydrogen-bond acceptors (Lipinski definition) is 3. The molecular formula is C11H19NO3. The molecule has 4 heteroatoms. The van der Waals surface area contributed by atoms with Gasteiger partial charge in [-0.25, -0.2) is 4.79 Å². The highest BCUT2D eigenvalue weighted by atomic mass is 16.6. The third kappa shape index (κ3) is 4.14. The molecule has 0 aliphatic carbocycles. The zero-order chi connectivity index (χ0) is 11.8. The number of likely N-dealkylation sites (tertiary alicyclic amines) is 1. The molecule has 86 valence electrons. The van der Waals surface area contributed by atoms with Gasteiger partial charge in [-0.15, -0.1) is 13.2 Å². The number of nitrogens with zero attached hydrogens (tertiary/aromatic N) is 1. The highest BCUT2D eigenvalue weighted by Gasteiger charge is 2.27. The van der Waals surface area contributed by atoms with E-state index in [-0.39, 0.29) is 24.3 Å². The quantitative estimate of drug-likeness (QED) is 0.624. The highest BCUT2D eigenvalue weighted by Crippen LogP contribution is 2.13. The molecule has 1 rings (SSSR count). The summed E-state index contributed by atoms with van der Waals surface area (Å²) in [7, 11) is 0. The maximum absolute atomic E-state index is 11.3. The molecule has 0 aromatic rings. The second-order valence-corrected chi connectivity index (χ2v) is 3.28. The first-order valence-electron chi connectivity index (χ1n) is 5.09. The summed E-state index contributed by atoms with van der Waals surface area (Å²) in [6.07, 6.45) is 0.375. The molecular weight excluding hydrogens is 194 g/mol. The van der Waals surface area contributed by atoms with Crippen molar-refractivity contribution in [1.82, 2.24) is 4.90 Å². The van der Waals surface area contributed by atoms with E-state index in [9.17, 15) is 9.59 Å². The van der Waals surface area contributed by atoms with Crippen molar-refractivity contribution in [3.63, 3.8) is 0 Å². The third-order valence-electron chi connectivity index (χ3n) is 2.25. The fourth-order valence-electron chi connectivity index (χ4n) is 1.30. The van der Waals surface area contributed by atoms with Crippen LogP contribution in [0.1, 0.15) is 20.3 Å². The number of hydrogen-bond donors (Lipinski definition) is 0. The van der Waals surface area contributed by atoms with Gasteiger partial charge in [0, 0.05) is 12.5 Å². The smallest absolute Gasteiger partial charge is 0.410 e. The lowest BCUT2D eigenvalue weighted by molar-refractivity contribution is -0.125. The van der Waals surface area contributed by atoms with Crippen LogP contribution in [0, 0.1) is 5.92 Å². The Morgan fingerprint density at radius 3 is 2.67 bits per heavy atom. The zero-order valence-corrected chi connectivity index (χ0v) is 9.49. The molecule has 1 aliphatic heterocycles. The Bertz CT molecular complexity index is 228. The number of ketones is 1. The van der Waals surface area contributed by atoms with E-state index in [4.69, 9.17) is 4.74 Å². The Kier molecular flexibility index (Phi) is 6.42. The van der Waals surface area contributed by atoms with Crippen LogP contribution >= 0.6 is 0 Å². The Labute approximate surface area is 90.9 Å². The van der Waals surface area contributed by atoms with Crippen LogP contribution in [0.2, 0.25) is 0 Å². The van der Waals surface area contributed by atoms with E-state index in [1.165, 1.54) is 4.90 Å². The van der Waals surface area contributed by atoms with Crippen LogP contribution < -0.4 is 0 Å². The van der Waals surface area contributed by atoms with Gasteiger partial charge >= 0.3 is 6.09 Å². The first kappa shape index (κ1) is 13.7. The van der Waals surface area contributed by atoms with E-state index in [0.717, 1.165) is 6.42 Å². The Balaban J connectivity index is 0.000000921. The summed E-state index contributed by atoms with van der Waals surface area (Å²) in [5.41, 5.74) is 0. The van der Waals surface area contributed by atoms with Crippen LogP contribution in [-0.4, -0.2) is 36.5 Å². The molecule has 1 saturated heterocycles. The van der Waals surface area contributed by atoms with Crippen molar-refractivity contribution in [2.24, 2.45) is 5.92 Å². The van der Waals surface area contributed by atoms with Gasteiger partial charge in [-0.1, -0.05) is 6.92 Å². The molecule has 1 heterocycles. The monoisotopic (exact) mass is 213 g/mol. The van der Waals surface area contributed by atoms with E-state index < -0.39 is 0 Å². The van der Waals surface area contributed by atoms with Crippen molar-refractivity contribution in [2.75, 3.05) is 19.7 Å². The van der Waals surface area contributed by atoms with Gasteiger partial charge < -0.3 is 9.64 Å². The predicted molar refractivity (Wildman–Crippen MR) is 58.6 cm³/mol. The molecule has 4 nitrogen and oxygen atoms in total. The largest absolute Gasteiger partial charge is 0.450 e. The van der Waals surface area contributed by atoms with Crippen LogP contribution in [0.15, 0.2) is 13.2 Å². The number of carbonyl (C=O) groups is 2. The second kappa shape index (κ2) is 7.04. The SMILES string of the molecule is C=C.CCOC(=O)N1CCC(C)C(=O)C1. The standard InChI is InChI=1S/C9H15NO3.C2H4/c1-3-13-9(12)10-5-4-7(2)8(11)6-10;1-2/h7H,3-6H2,1-2H3;1-2H2. The van der Waals surface area contributed by atoms with Crippen molar-refractivity contribution in [1.29, 1.82) is 0 Å². The van der Waals surface area contributed by atoms with Gasteiger partial charge in [0.05, 0.1) is 13.2 Å². The fourth-order valence-corrected chi connectivity index (χ4v) is 1.30. The maximum Gasteiger partial charge on any atom is 0.410 e. The van der Waals surface area contributed by atoms with Crippen LogP contribution in [0.5, 0.6) is 0 Å². The summed E-state index contributed by atoms with van der Waals surface area (Å²) in [6, 6.07) is 0. The molecule has 0 N–H and O–H groups in total. The van der Waals surface area contributed by atoms with Crippen molar-refractivity contribution >= 4 is 11.9 Å². The van der Waals surface area contributed by atoms with Crippen LogP contribution in [0.4, 0.5) is 4.79 Å². The lowest BCUT2D eigenvalue weighted by Crippen LogP contribution is -2.43. The Hall–Kier alpha value is -1.32. The minimum atomic E-state index is -0.372. The zero-order valence-electron chi connectivity index (χ0n) is 9.49. The molecule has 0 saturated carbocycles. The van der Waals surface area contributed by atoms with Crippen LogP contribution in [0.25, 0.3) is 0 Å². The van der Waals surface area contributed by atoms with Gasteiger partial charge in [-0.3, -0.25) is 4.79 Å². The molecule has 1 aliphatic rings. The van der Waals surface area contributed by atoms with Gasteiger partial charge in [0.1, 0.15) is 0 Å². The summed E-state index contributed by atoms with van der Waals surface area (Å²) < 4.78 is 4.80. The van der Waals surface area contributed by atoms with E-state index in [2.05, 4.69) is 13.2 Å². The minimum Gasteiger partial charge on any atom is -0.450 e. The van der Waals surface area contributed by atoms with E-state index >= 15 is 0 Å². The molecule has 1 amide bonds. The summed E-state index contributed by atoms with van der Waals surface area (Å²) in [5, 5.41) is 0. The minimum absolute atomic E-state index is 0.0886. The van der Waals surface area contributed by atoms with Gasteiger partial charge in [-0.2, -0.15) is 0 Å². The van der Waals surface area contributed by atoms with Crippen molar-refractivity contribution in [2.45, 2.75) is 20.3 Å². The van der Waals surface area contributed by atoms with Gasteiger partial charge in [0.2, 0.25) is 0 Å². The predicted octanol–water partition coefficient (Wildman–Crippen LogP) is 1.86. The molecule has 0 bridgehead atoms. The molecule has 15 heavy (non-hydrogen) atoms. The molecule has 0 radical (unpaired) electrons. The molecule has 0 spiro atoms. The highest BCUT2D eigenvalue weighted by molar-refractivity contribution is 5.86. The molecule has 0 aromatic heterocycles. The van der Waals surface area contributed by atoms with Gasteiger partial charge in [0.25, 0.3) is 0 Å². The summed E-state index contributed by atoms with van der Waals surface area (Å²) in [6.45, 7) is 10.8. The lowest BCUT2D eigenvalue weighted by atomic mass is 9.98. The summed E-state index contributed by atoms with van der Waals surface area (Å²) in [5.74, 6) is 0.213. The number of carbonyl (C=O) groups excluding carboxylic acids is 2. The van der Waals surface area contributed by atoms with Gasteiger partial charge in [-0.05, 0) is 13.3 Å². The van der Waals surface area contributed by atoms with E-state index in [1.54, 1.807) is 6.92 Å². The van der Waals surface area contributed by atoms with Crippen molar-refractivity contribution < 1.29 is 14.3 Å². The average Bonchev–Trinajstić information content (AvgIpc) is 2.25. The number of Topliss-reactive ketones (excluding diaryl/α,β-unsaturated/α-hetero) is 1. The number of amides is 1. The average molecular weight is 213 g/mol. The first-order chi connectivity index (χ1) is 7.15. The second-order valence-electron chi connectivity index (χ2n) is 3.28. The summed E-state index contributed by atoms with van der Waals surface area (Å²) in [4.78, 5) is 23.9. The van der Waals surface area contributed by atoms with Crippen molar-refractivity contribution in [3.8, 4) is 0 Å². The Morgan fingerprint density at radius 2 is 2.20 bits per heavy atom. The van der Waals surface area contributed by atoms with Crippen molar-refractivity contribution in [3.05, 3.63) is 13.2 Å². The first-order valence-corrected chi connectivity index (χ1v) is 5.09. The normalized spacial score (nSPS) is 20.3. The number of ether oxygens (including phenoxy) is 1. The molecule has 0 aromatic carbocycles. The third-order valence-corrected chi connectivity index (χ3v) is 2.25. The van der Waals surface area contributed by atoms with E-state index in [1.807, 2.05) is 6.92 Å². The topological polar surface area (TPSA) is 46.6 Å². The molecule has 1 unspecified atom stereocenters.